The molecule has 0 aromatic heterocycles. The molecule has 0 spiro atoms. The molecule has 0 fully saturated rings. The van der Waals surface area contributed by atoms with Gasteiger partial charge in [-0.05, 0) is 57.5 Å². The second kappa shape index (κ2) is 9.74. The van der Waals surface area contributed by atoms with Crippen molar-refractivity contribution in [3.8, 4) is 0 Å². The summed E-state index contributed by atoms with van der Waals surface area (Å²) in [4.78, 5) is 28.5. The SMILES string of the molecule is CN(C)S(=O)(=O)c1ccc2c(c1)Sc1ccccc1C(=O)N2CCCNC(=O)OC(C)(C)C. The third kappa shape index (κ3) is 5.87. The Kier molecular flexibility index (Phi) is 7.40. The number of carbonyl (C=O) groups is 2. The number of nitrogens with zero attached hydrogens (tertiary/aromatic N) is 2. The van der Waals surface area contributed by atoms with Gasteiger partial charge < -0.3 is 15.0 Å². The maximum absolute atomic E-state index is 13.4. The number of sulfonamides is 1. The Balaban J connectivity index is 1.87. The molecular formula is C23H29N3O5S2. The zero-order valence-electron chi connectivity index (χ0n) is 19.4. The molecule has 33 heavy (non-hydrogen) atoms. The molecule has 2 amide bonds. The molecule has 1 aliphatic rings. The van der Waals surface area contributed by atoms with E-state index in [1.165, 1.54) is 31.9 Å². The third-order valence-corrected chi connectivity index (χ3v) is 7.74. The standard InChI is InChI=1S/C23H29N3O5S2/c1-23(2,3)31-22(28)24-13-8-14-26-18-12-11-16(33(29,30)25(4)5)15-20(18)32-19-10-7-6-9-17(19)21(26)27/h6-7,9-12,15H,8,13-14H2,1-5H3,(H,24,28). The number of benzene rings is 2. The number of carbonyl (C=O) groups excluding carboxylic acids is 2. The Morgan fingerprint density at radius 2 is 1.82 bits per heavy atom. The van der Waals surface area contributed by atoms with Gasteiger partial charge in [-0.2, -0.15) is 0 Å². The van der Waals surface area contributed by atoms with E-state index in [9.17, 15) is 18.0 Å². The van der Waals surface area contributed by atoms with Crippen molar-refractivity contribution < 1.29 is 22.7 Å². The van der Waals surface area contributed by atoms with Gasteiger partial charge in [-0.15, -0.1) is 0 Å². The number of ether oxygens (including phenoxy) is 1. The molecule has 1 aliphatic heterocycles. The van der Waals surface area contributed by atoms with E-state index in [0.29, 0.717) is 35.7 Å². The Labute approximate surface area is 199 Å². The van der Waals surface area contributed by atoms with E-state index < -0.39 is 21.7 Å². The summed E-state index contributed by atoms with van der Waals surface area (Å²) in [6.45, 7) is 6.05. The average molecular weight is 492 g/mol. The number of fused-ring (bicyclic) bond motifs is 2. The first-order valence-corrected chi connectivity index (χ1v) is 12.8. The van der Waals surface area contributed by atoms with E-state index in [2.05, 4.69) is 5.32 Å². The fraction of sp³-hybridized carbons (Fsp3) is 0.391. The van der Waals surface area contributed by atoms with Crippen LogP contribution in [0.25, 0.3) is 0 Å². The summed E-state index contributed by atoms with van der Waals surface area (Å²) < 4.78 is 31.7. The van der Waals surface area contributed by atoms with Gasteiger partial charge in [0.25, 0.3) is 5.91 Å². The number of rotatable bonds is 6. The Bertz CT molecular complexity index is 1160. The van der Waals surface area contributed by atoms with E-state index in [4.69, 9.17) is 4.74 Å². The van der Waals surface area contributed by atoms with Crippen molar-refractivity contribution in [2.45, 2.75) is 47.5 Å². The second-order valence-electron chi connectivity index (χ2n) is 8.75. The molecule has 0 saturated carbocycles. The van der Waals surface area contributed by atoms with E-state index in [0.717, 1.165) is 9.20 Å². The lowest BCUT2D eigenvalue weighted by Crippen LogP contribution is -2.36. The fourth-order valence-electron chi connectivity index (χ4n) is 3.24. The van der Waals surface area contributed by atoms with Crippen LogP contribution in [0.1, 0.15) is 37.6 Å². The van der Waals surface area contributed by atoms with Crippen molar-refractivity contribution in [1.82, 2.24) is 9.62 Å². The Morgan fingerprint density at radius 1 is 1.12 bits per heavy atom. The van der Waals surface area contributed by atoms with Gasteiger partial charge in [-0.1, -0.05) is 23.9 Å². The van der Waals surface area contributed by atoms with Crippen molar-refractivity contribution in [1.29, 1.82) is 0 Å². The second-order valence-corrected chi connectivity index (χ2v) is 12.0. The van der Waals surface area contributed by atoms with E-state index in [-0.39, 0.29) is 10.8 Å². The van der Waals surface area contributed by atoms with Crippen LogP contribution in [0.15, 0.2) is 57.2 Å². The molecule has 0 unspecified atom stereocenters. The highest BCUT2D eigenvalue weighted by Crippen LogP contribution is 2.42. The minimum absolute atomic E-state index is 0.164. The maximum Gasteiger partial charge on any atom is 0.407 e. The number of hydrogen-bond donors (Lipinski definition) is 1. The Hall–Kier alpha value is -2.56. The largest absolute Gasteiger partial charge is 0.444 e. The number of amides is 2. The molecular weight excluding hydrogens is 462 g/mol. The maximum atomic E-state index is 13.4. The van der Waals surface area contributed by atoms with Gasteiger partial charge >= 0.3 is 6.09 Å². The minimum atomic E-state index is -3.62. The highest BCUT2D eigenvalue weighted by molar-refractivity contribution is 7.99. The molecule has 0 aliphatic carbocycles. The molecule has 3 rings (SSSR count). The lowest BCUT2D eigenvalue weighted by atomic mass is 10.1. The molecule has 1 heterocycles. The van der Waals surface area contributed by atoms with E-state index >= 15 is 0 Å². The van der Waals surface area contributed by atoms with Gasteiger partial charge in [-0.3, -0.25) is 4.79 Å². The van der Waals surface area contributed by atoms with Gasteiger partial charge in [0, 0.05) is 37.0 Å². The first-order chi connectivity index (χ1) is 15.4. The Morgan fingerprint density at radius 3 is 2.48 bits per heavy atom. The fourth-order valence-corrected chi connectivity index (χ4v) is 5.36. The average Bonchev–Trinajstić information content (AvgIpc) is 2.83. The summed E-state index contributed by atoms with van der Waals surface area (Å²) in [7, 11) is -0.655. The minimum Gasteiger partial charge on any atom is -0.444 e. The molecule has 8 nitrogen and oxygen atoms in total. The lowest BCUT2D eigenvalue weighted by molar-refractivity contribution is 0.0527. The first kappa shape index (κ1) is 25.1. The quantitative estimate of drug-likeness (QED) is 0.615. The molecule has 0 atom stereocenters. The van der Waals surface area contributed by atoms with Gasteiger partial charge in [-0.25, -0.2) is 17.5 Å². The highest BCUT2D eigenvalue weighted by atomic mass is 32.2. The van der Waals surface area contributed by atoms with Crippen LogP contribution in [0, 0.1) is 0 Å². The molecule has 2 aromatic rings. The molecule has 178 valence electrons. The molecule has 1 N–H and O–H groups in total. The topological polar surface area (TPSA) is 96.0 Å². The summed E-state index contributed by atoms with van der Waals surface area (Å²) in [6, 6.07) is 12.1. The van der Waals surface area contributed by atoms with Crippen LogP contribution in [-0.4, -0.2) is 57.5 Å². The highest BCUT2D eigenvalue weighted by Gasteiger charge is 2.29. The van der Waals surface area contributed by atoms with Crippen molar-refractivity contribution in [3.63, 3.8) is 0 Å². The van der Waals surface area contributed by atoms with Gasteiger partial charge in [0.1, 0.15) is 5.60 Å². The van der Waals surface area contributed by atoms with Crippen molar-refractivity contribution in [2.24, 2.45) is 0 Å². The first-order valence-electron chi connectivity index (χ1n) is 10.5. The summed E-state index contributed by atoms with van der Waals surface area (Å²) in [5, 5.41) is 2.70. The summed E-state index contributed by atoms with van der Waals surface area (Å²) in [5.41, 5.74) is 0.599. The van der Waals surface area contributed by atoms with Crippen LogP contribution in [0.2, 0.25) is 0 Å². The monoisotopic (exact) mass is 491 g/mol. The van der Waals surface area contributed by atoms with Crippen molar-refractivity contribution in [2.75, 3.05) is 32.1 Å². The van der Waals surface area contributed by atoms with Gasteiger partial charge in [0.05, 0.1) is 16.1 Å². The molecule has 0 saturated heterocycles. The molecule has 0 bridgehead atoms. The third-order valence-electron chi connectivity index (χ3n) is 4.81. The van der Waals surface area contributed by atoms with Crippen LogP contribution < -0.4 is 10.2 Å². The van der Waals surface area contributed by atoms with Crippen LogP contribution in [0.5, 0.6) is 0 Å². The number of anilines is 1. The summed E-state index contributed by atoms with van der Waals surface area (Å²) in [5.74, 6) is -0.169. The predicted molar refractivity (Wildman–Crippen MR) is 128 cm³/mol. The normalized spacial score (nSPS) is 13.9. The predicted octanol–water partition coefficient (Wildman–Crippen LogP) is 3.96. The van der Waals surface area contributed by atoms with Crippen molar-refractivity contribution >= 4 is 39.5 Å². The van der Waals surface area contributed by atoms with Crippen LogP contribution in [-0.2, 0) is 14.8 Å². The smallest absolute Gasteiger partial charge is 0.407 e. The zero-order chi connectivity index (χ0) is 24.4. The summed E-state index contributed by atoms with van der Waals surface area (Å²) >= 11 is 1.37. The van der Waals surface area contributed by atoms with Crippen LogP contribution in [0.4, 0.5) is 10.5 Å². The summed E-state index contributed by atoms with van der Waals surface area (Å²) in [6.07, 6.45) is -0.0147. The van der Waals surface area contributed by atoms with Crippen LogP contribution >= 0.6 is 11.8 Å². The number of hydrogen-bond acceptors (Lipinski definition) is 6. The molecule has 10 heteroatoms. The number of nitrogens with one attached hydrogen (secondary N) is 1. The number of alkyl carbamates (subject to hydrolysis) is 1. The van der Waals surface area contributed by atoms with Gasteiger partial charge in [0.2, 0.25) is 10.0 Å². The van der Waals surface area contributed by atoms with Gasteiger partial charge in [0.15, 0.2) is 0 Å². The van der Waals surface area contributed by atoms with Crippen LogP contribution in [0.3, 0.4) is 0 Å². The van der Waals surface area contributed by atoms with E-state index in [1.54, 1.807) is 49.9 Å². The zero-order valence-corrected chi connectivity index (χ0v) is 21.0. The molecule has 0 radical (unpaired) electrons. The molecule has 2 aromatic carbocycles. The van der Waals surface area contributed by atoms with E-state index in [1.807, 2.05) is 12.1 Å². The van der Waals surface area contributed by atoms with Crippen molar-refractivity contribution in [3.05, 3.63) is 48.0 Å². The lowest BCUT2D eigenvalue weighted by Gasteiger charge is -2.24.